The second-order valence-corrected chi connectivity index (χ2v) is 5.12. The molecule has 0 aliphatic heterocycles. The molecule has 0 bridgehead atoms. The van der Waals surface area contributed by atoms with Gasteiger partial charge in [-0.15, -0.1) is 0 Å². The van der Waals surface area contributed by atoms with E-state index in [1.165, 1.54) is 6.07 Å². The normalized spacial score (nSPS) is 11.6. The fourth-order valence-electron chi connectivity index (χ4n) is 1.57. The highest BCUT2D eigenvalue weighted by Crippen LogP contribution is 2.24. The SMILES string of the molecule is CCCC(=O)c1ccc(C(C)(C)C)cc1F. The molecule has 1 rings (SSSR count). The summed E-state index contributed by atoms with van der Waals surface area (Å²) < 4.78 is 13.7. The fourth-order valence-corrected chi connectivity index (χ4v) is 1.57. The number of hydrogen-bond donors (Lipinski definition) is 0. The molecule has 0 fully saturated rings. The highest BCUT2D eigenvalue weighted by atomic mass is 19.1. The Hall–Kier alpha value is -1.18. The second-order valence-electron chi connectivity index (χ2n) is 5.12. The molecule has 16 heavy (non-hydrogen) atoms. The van der Waals surface area contributed by atoms with Gasteiger partial charge in [-0.3, -0.25) is 4.79 Å². The van der Waals surface area contributed by atoms with Gasteiger partial charge in [-0.1, -0.05) is 33.8 Å². The van der Waals surface area contributed by atoms with Gasteiger partial charge >= 0.3 is 0 Å². The number of ketones is 1. The first-order chi connectivity index (χ1) is 7.36. The summed E-state index contributed by atoms with van der Waals surface area (Å²) in [6, 6.07) is 4.92. The lowest BCUT2D eigenvalue weighted by Gasteiger charge is -2.19. The first-order valence-corrected chi connectivity index (χ1v) is 5.69. The predicted molar refractivity (Wildman–Crippen MR) is 64.3 cm³/mol. The smallest absolute Gasteiger partial charge is 0.165 e. The molecule has 0 amide bonds. The van der Waals surface area contributed by atoms with Crippen LogP contribution in [0.5, 0.6) is 0 Å². The summed E-state index contributed by atoms with van der Waals surface area (Å²) in [6.07, 6.45) is 1.16. The molecule has 2 heteroatoms. The maximum absolute atomic E-state index is 13.7. The predicted octanol–water partition coefficient (Wildman–Crippen LogP) is 4.11. The van der Waals surface area contributed by atoms with Crippen LogP contribution in [0.3, 0.4) is 0 Å². The molecular formula is C14H19FO. The molecule has 0 N–H and O–H groups in total. The second kappa shape index (κ2) is 4.77. The highest BCUT2D eigenvalue weighted by molar-refractivity contribution is 5.96. The molecule has 0 aromatic heterocycles. The van der Waals surface area contributed by atoms with Crippen LogP contribution in [0.1, 0.15) is 56.5 Å². The van der Waals surface area contributed by atoms with Crippen molar-refractivity contribution in [1.82, 2.24) is 0 Å². The lowest BCUT2D eigenvalue weighted by atomic mass is 9.86. The van der Waals surface area contributed by atoms with E-state index >= 15 is 0 Å². The summed E-state index contributed by atoms with van der Waals surface area (Å²) in [5.74, 6) is -0.508. The lowest BCUT2D eigenvalue weighted by Crippen LogP contribution is -2.12. The molecule has 0 unspecified atom stereocenters. The first kappa shape index (κ1) is 12.9. The maximum Gasteiger partial charge on any atom is 0.165 e. The van der Waals surface area contributed by atoms with E-state index in [4.69, 9.17) is 0 Å². The van der Waals surface area contributed by atoms with Crippen molar-refractivity contribution in [2.75, 3.05) is 0 Å². The monoisotopic (exact) mass is 222 g/mol. The van der Waals surface area contributed by atoms with Crippen LogP contribution in [0.4, 0.5) is 4.39 Å². The molecule has 0 spiro atoms. The van der Waals surface area contributed by atoms with E-state index in [9.17, 15) is 9.18 Å². The molecule has 1 nitrogen and oxygen atoms in total. The molecule has 1 aromatic carbocycles. The number of benzene rings is 1. The molecule has 0 radical (unpaired) electrons. The van der Waals surface area contributed by atoms with Crippen LogP contribution in [0.25, 0.3) is 0 Å². The van der Waals surface area contributed by atoms with Crippen molar-refractivity contribution in [2.45, 2.75) is 46.0 Å². The molecule has 0 saturated heterocycles. The van der Waals surface area contributed by atoms with Crippen molar-refractivity contribution in [3.8, 4) is 0 Å². The van der Waals surface area contributed by atoms with Crippen molar-refractivity contribution in [3.05, 3.63) is 35.1 Å². The number of hydrogen-bond acceptors (Lipinski definition) is 1. The van der Waals surface area contributed by atoms with E-state index in [1.54, 1.807) is 6.07 Å². The van der Waals surface area contributed by atoms with Crippen molar-refractivity contribution >= 4 is 5.78 Å². The number of Topliss-reactive ketones (excluding diaryl/α,β-unsaturated/α-hetero) is 1. The first-order valence-electron chi connectivity index (χ1n) is 5.69. The van der Waals surface area contributed by atoms with Gasteiger partial charge in [0, 0.05) is 6.42 Å². The van der Waals surface area contributed by atoms with Gasteiger partial charge in [-0.25, -0.2) is 4.39 Å². The van der Waals surface area contributed by atoms with Crippen molar-refractivity contribution in [2.24, 2.45) is 0 Å². The molecule has 0 aliphatic carbocycles. The quantitative estimate of drug-likeness (QED) is 0.703. The van der Waals surface area contributed by atoms with E-state index in [2.05, 4.69) is 0 Å². The van der Waals surface area contributed by atoms with Crippen LogP contribution < -0.4 is 0 Å². The fraction of sp³-hybridized carbons (Fsp3) is 0.500. The molecule has 0 heterocycles. The Labute approximate surface area is 96.7 Å². The van der Waals surface area contributed by atoms with Crippen LogP contribution in [0.2, 0.25) is 0 Å². The number of carbonyl (C=O) groups excluding carboxylic acids is 1. The van der Waals surface area contributed by atoms with Crippen LogP contribution in [0.15, 0.2) is 18.2 Å². The molecule has 1 aromatic rings. The van der Waals surface area contributed by atoms with Crippen molar-refractivity contribution in [1.29, 1.82) is 0 Å². The maximum atomic E-state index is 13.7. The zero-order chi connectivity index (χ0) is 12.3. The van der Waals surface area contributed by atoms with Gasteiger partial charge < -0.3 is 0 Å². The minimum Gasteiger partial charge on any atom is -0.294 e. The summed E-state index contributed by atoms with van der Waals surface area (Å²) in [6.45, 7) is 7.99. The zero-order valence-corrected chi connectivity index (χ0v) is 10.4. The third kappa shape index (κ3) is 2.91. The standard InChI is InChI=1S/C14H19FO/c1-5-6-13(16)11-8-7-10(9-12(11)15)14(2,3)4/h7-9H,5-6H2,1-4H3. The summed E-state index contributed by atoms with van der Waals surface area (Å²) >= 11 is 0. The van der Waals surface area contributed by atoms with Crippen LogP contribution in [-0.4, -0.2) is 5.78 Å². The molecule has 0 aliphatic rings. The van der Waals surface area contributed by atoms with E-state index < -0.39 is 5.82 Å². The van der Waals surface area contributed by atoms with Crippen LogP contribution in [0, 0.1) is 5.82 Å². The van der Waals surface area contributed by atoms with Gasteiger partial charge in [0.1, 0.15) is 5.82 Å². The third-order valence-corrected chi connectivity index (χ3v) is 2.61. The summed E-state index contributed by atoms with van der Waals surface area (Å²) in [5, 5.41) is 0. The Morgan fingerprint density at radius 1 is 1.31 bits per heavy atom. The average molecular weight is 222 g/mol. The lowest BCUT2D eigenvalue weighted by molar-refractivity contribution is 0.0978. The Balaban J connectivity index is 3.05. The third-order valence-electron chi connectivity index (χ3n) is 2.61. The van der Waals surface area contributed by atoms with Gasteiger partial charge in [0.05, 0.1) is 5.56 Å². The van der Waals surface area contributed by atoms with Gasteiger partial charge in [0.15, 0.2) is 5.78 Å². The summed E-state index contributed by atoms with van der Waals surface area (Å²) in [4.78, 5) is 11.6. The van der Waals surface area contributed by atoms with Crippen LogP contribution in [-0.2, 0) is 5.41 Å². The average Bonchev–Trinajstić information content (AvgIpc) is 2.16. The molecule has 0 saturated carbocycles. The largest absolute Gasteiger partial charge is 0.294 e. The number of rotatable bonds is 3. The van der Waals surface area contributed by atoms with E-state index in [1.807, 2.05) is 33.8 Å². The molecular weight excluding hydrogens is 203 g/mol. The minimum atomic E-state index is -0.397. The molecule has 0 atom stereocenters. The zero-order valence-electron chi connectivity index (χ0n) is 10.4. The van der Waals surface area contributed by atoms with E-state index in [-0.39, 0.29) is 16.8 Å². The highest BCUT2D eigenvalue weighted by Gasteiger charge is 2.17. The number of halogens is 1. The van der Waals surface area contributed by atoms with Gasteiger partial charge in [-0.2, -0.15) is 0 Å². The van der Waals surface area contributed by atoms with Gasteiger partial charge in [0.2, 0.25) is 0 Å². The minimum absolute atomic E-state index is 0.0901. The van der Waals surface area contributed by atoms with Crippen LogP contribution >= 0.6 is 0 Å². The Kier molecular flexibility index (Phi) is 3.84. The van der Waals surface area contributed by atoms with Gasteiger partial charge in [0.25, 0.3) is 0 Å². The van der Waals surface area contributed by atoms with E-state index in [0.29, 0.717) is 6.42 Å². The van der Waals surface area contributed by atoms with Gasteiger partial charge in [-0.05, 0) is 29.5 Å². The van der Waals surface area contributed by atoms with E-state index in [0.717, 1.165) is 12.0 Å². The summed E-state index contributed by atoms with van der Waals surface area (Å²) in [7, 11) is 0. The Morgan fingerprint density at radius 3 is 2.38 bits per heavy atom. The molecule has 88 valence electrons. The van der Waals surface area contributed by atoms with Crippen molar-refractivity contribution < 1.29 is 9.18 Å². The summed E-state index contributed by atoms with van der Waals surface area (Å²) in [5.41, 5.74) is 1.04. The number of carbonyl (C=O) groups is 1. The Bertz CT molecular complexity index is 388. The van der Waals surface area contributed by atoms with Crippen molar-refractivity contribution in [3.63, 3.8) is 0 Å². The Morgan fingerprint density at radius 2 is 1.94 bits per heavy atom. The topological polar surface area (TPSA) is 17.1 Å².